The summed E-state index contributed by atoms with van der Waals surface area (Å²) in [6.45, 7) is -0.138. The van der Waals surface area contributed by atoms with E-state index in [-0.39, 0.29) is 22.5 Å². The second kappa shape index (κ2) is 6.27. The van der Waals surface area contributed by atoms with Crippen LogP contribution >= 0.6 is 23.2 Å². The fraction of sp³-hybridized carbons (Fsp3) is 0.250. The highest BCUT2D eigenvalue weighted by Crippen LogP contribution is 2.21. The molecule has 0 aliphatic heterocycles. The van der Waals surface area contributed by atoms with Gasteiger partial charge in [0, 0.05) is 11.5 Å². The number of carbonyl (C=O) groups excluding carboxylic acids is 1. The Hall–Kier alpha value is -1.53. The first-order valence-electron chi connectivity index (χ1n) is 4.44. The number of azide groups is 1. The summed E-state index contributed by atoms with van der Waals surface area (Å²) in [5, 5.41) is 5.91. The zero-order valence-corrected chi connectivity index (χ0v) is 9.98. The second-order valence-corrected chi connectivity index (χ2v) is 3.73. The number of pyridine rings is 1. The Bertz CT molecular complexity index is 473. The number of hydrogen-bond acceptors (Lipinski definition) is 4. The van der Waals surface area contributed by atoms with Crippen LogP contribution in [0.4, 0.5) is 5.69 Å². The van der Waals surface area contributed by atoms with Gasteiger partial charge >= 0.3 is 0 Å². The fourth-order valence-electron chi connectivity index (χ4n) is 0.938. The third-order valence-electron chi connectivity index (χ3n) is 1.75. The summed E-state index contributed by atoms with van der Waals surface area (Å²) in [6.07, 6.45) is 0. The minimum atomic E-state index is -0.947. The quantitative estimate of drug-likeness (QED) is 0.378. The molecule has 1 amide bonds. The van der Waals surface area contributed by atoms with Crippen LogP contribution in [0.25, 0.3) is 10.4 Å². The number of nitrogens with one attached hydrogen (secondary N) is 1. The molecule has 1 aromatic rings. The van der Waals surface area contributed by atoms with Crippen molar-refractivity contribution in [3.05, 3.63) is 32.9 Å². The van der Waals surface area contributed by atoms with Gasteiger partial charge in [-0.15, -0.1) is 0 Å². The van der Waals surface area contributed by atoms with Crippen molar-refractivity contribution >= 4 is 34.8 Å². The Kier molecular flexibility index (Phi) is 4.99. The molecule has 1 heterocycles. The maximum absolute atomic E-state index is 11.5. The SMILES string of the molecule is [N-]=[N+]=NC[C@@H](N)C(=O)Nc1ccc(Cl)nc1Cl. The number of aromatic nitrogens is 1. The summed E-state index contributed by atoms with van der Waals surface area (Å²) < 4.78 is 0. The van der Waals surface area contributed by atoms with E-state index < -0.39 is 11.9 Å². The van der Waals surface area contributed by atoms with E-state index in [2.05, 4.69) is 20.3 Å². The zero-order chi connectivity index (χ0) is 12.8. The van der Waals surface area contributed by atoms with Gasteiger partial charge in [0.1, 0.15) is 5.15 Å². The van der Waals surface area contributed by atoms with Gasteiger partial charge in [0.15, 0.2) is 5.15 Å². The minimum Gasteiger partial charge on any atom is -0.322 e. The molecule has 0 aromatic carbocycles. The number of rotatable bonds is 4. The Balaban J connectivity index is 2.70. The van der Waals surface area contributed by atoms with E-state index in [0.717, 1.165) is 0 Å². The highest BCUT2D eigenvalue weighted by atomic mass is 35.5. The van der Waals surface area contributed by atoms with Gasteiger partial charge < -0.3 is 11.1 Å². The molecule has 1 rings (SSSR count). The van der Waals surface area contributed by atoms with Crippen molar-refractivity contribution in [2.45, 2.75) is 6.04 Å². The van der Waals surface area contributed by atoms with Gasteiger partial charge in [0.05, 0.1) is 11.7 Å². The Morgan fingerprint density at radius 3 is 2.94 bits per heavy atom. The van der Waals surface area contributed by atoms with Crippen LogP contribution in [0.3, 0.4) is 0 Å². The van der Waals surface area contributed by atoms with E-state index in [1.54, 1.807) is 0 Å². The monoisotopic (exact) mass is 274 g/mol. The average Bonchev–Trinajstić information content (AvgIpc) is 2.29. The molecule has 0 aliphatic rings. The minimum absolute atomic E-state index is 0.0573. The Morgan fingerprint density at radius 2 is 2.35 bits per heavy atom. The second-order valence-electron chi connectivity index (χ2n) is 2.98. The highest BCUT2D eigenvalue weighted by Gasteiger charge is 2.14. The summed E-state index contributed by atoms with van der Waals surface area (Å²) >= 11 is 11.3. The van der Waals surface area contributed by atoms with Crippen LogP contribution in [-0.4, -0.2) is 23.5 Å². The van der Waals surface area contributed by atoms with Crippen molar-refractivity contribution in [2.24, 2.45) is 10.8 Å². The maximum atomic E-state index is 11.5. The lowest BCUT2D eigenvalue weighted by Gasteiger charge is -2.10. The van der Waals surface area contributed by atoms with E-state index in [1.807, 2.05) is 0 Å². The standard InChI is InChI=1S/C8H8Cl2N6O/c9-6-2-1-5(7(10)15-6)14-8(17)4(11)3-13-16-12/h1-2,4H,3,11H2,(H,14,17)/t4-/m1/s1. The molecule has 1 atom stereocenters. The molecule has 90 valence electrons. The van der Waals surface area contributed by atoms with E-state index >= 15 is 0 Å². The summed E-state index contributed by atoms with van der Waals surface area (Å²) in [5.74, 6) is -0.525. The van der Waals surface area contributed by atoms with E-state index in [1.165, 1.54) is 12.1 Å². The number of nitrogens with zero attached hydrogens (tertiary/aromatic N) is 4. The molecular formula is C8H8Cl2N6O. The van der Waals surface area contributed by atoms with E-state index in [9.17, 15) is 4.79 Å². The number of amides is 1. The topological polar surface area (TPSA) is 117 Å². The fourth-order valence-corrected chi connectivity index (χ4v) is 1.33. The Labute approximate surface area is 107 Å². The maximum Gasteiger partial charge on any atom is 0.241 e. The van der Waals surface area contributed by atoms with Crippen LogP contribution in [0.1, 0.15) is 0 Å². The molecule has 3 N–H and O–H groups in total. The molecule has 17 heavy (non-hydrogen) atoms. The van der Waals surface area contributed by atoms with Crippen LogP contribution < -0.4 is 11.1 Å². The number of hydrogen-bond donors (Lipinski definition) is 2. The lowest BCUT2D eigenvalue weighted by atomic mass is 10.3. The van der Waals surface area contributed by atoms with Crippen LogP contribution in [0, 0.1) is 0 Å². The molecular weight excluding hydrogens is 267 g/mol. The van der Waals surface area contributed by atoms with Crippen LogP contribution in [0.15, 0.2) is 17.2 Å². The number of halogens is 2. The van der Waals surface area contributed by atoms with Gasteiger partial charge in [-0.25, -0.2) is 4.98 Å². The van der Waals surface area contributed by atoms with Crippen molar-refractivity contribution in [1.29, 1.82) is 0 Å². The third-order valence-corrected chi connectivity index (χ3v) is 2.25. The summed E-state index contributed by atoms with van der Waals surface area (Å²) in [6, 6.07) is 2.02. The predicted molar refractivity (Wildman–Crippen MR) is 64.9 cm³/mol. The number of nitrogens with two attached hydrogens (primary N) is 1. The average molecular weight is 275 g/mol. The number of carbonyl (C=O) groups is 1. The van der Waals surface area contributed by atoms with Crippen molar-refractivity contribution in [3.8, 4) is 0 Å². The normalized spacial score (nSPS) is 11.5. The summed E-state index contributed by atoms with van der Waals surface area (Å²) in [7, 11) is 0. The molecule has 0 spiro atoms. The van der Waals surface area contributed by atoms with Crippen LogP contribution in [-0.2, 0) is 4.79 Å². The largest absolute Gasteiger partial charge is 0.322 e. The molecule has 0 unspecified atom stereocenters. The molecule has 9 heteroatoms. The van der Waals surface area contributed by atoms with Crippen molar-refractivity contribution in [2.75, 3.05) is 11.9 Å². The first-order chi connectivity index (χ1) is 8.04. The predicted octanol–water partition coefficient (Wildman–Crippen LogP) is 1.96. The molecule has 0 fully saturated rings. The molecule has 0 aliphatic carbocycles. The van der Waals surface area contributed by atoms with Gasteiger partial charge in [0.25, 0.3) is 0 Å². The third kappa shape index (κ3) is 4.08. The first-order valence-corrected chi connectivity index (χ1v) is 5.19. The van der Waals surface area contributed by atoms with Crippen LogP contribution in [0.2, 0.25) is 10.3 Å². The first kappa shape index (κ1) is 13.5. The molecule has 1 aromatic heterocycles. The van der Waals surface area contributed by atoms with Gasteiger partial charge in [-0.3, -0.25) is 4.79 Å². The molecule has 7 nitrogen and oxygen atoms in total. The molecule has 0 radical (unpaired) electrons. The molecule has 0 saturated carbocycles. The lowest BCUT2D eigenvalue weighted by molar-refractivity contribution is -0.117. The van der Waals surface area contributed by atoms with Crippen molar-refractivity contribution < 1.29 is 4.79 Å². The summed E-state index contributed by atoms with van der Waals surface area (Å²) in [4.78, 5) is 17.8. The summed E-state index contributed by atoms with van der Waals surface area (Å²) in [5.41, 5.74) is 13.8. The van der Waals surface area contributed by atoms with E-state index in [4.69, 9.17) is 34.5 Å². The van der Waals surface area contributed by atoms with Gasteiger partial charge in [-0.05, 0) is 17.7 Å². The molecule has 0 bridgehead atoms. The molecule has 0 saturated heterocycles. The van der Waals surface area contributed by atoms with E-state index in [0.29, 0.717) is 0 Å². The van der Waals surface area contributed by atoms with Gasteiger partial charge in [-0.1, -0.05) is 28.3 Å². The zero-order valence-electron chi connectivity index (χ0n) is 8.47. The Morgan fingerprint density at radius 1 is 1.65 bits per heavy atom. The van der Waals surface area contributed by atoms with Crippen molar-refractivity contribution in [3.63, 3.8) is 0 Å². The number of anilines is 1. The van der Waals surface area contributed by atoms with Crippen molar-refractivity contribution in [1.82, 2.24) is 4.98 Å². The van der Waals surface area contributed by atoms with Crippen LogP contribution in [0.5, 0.6) is 0 Å². The lowest BCUT2D eigenvalue weighted by Crippen LogP contribution is -2.38. The smallest absolute Gasteiger partial charge is 0.241 e. The van der Waals surface area contributed by atoms with Gasteiger partial charge in [0.2, 0.25) is 5.91 Å². The van der Waals surface area contributed by atoms with Gasteiger partial charge in [-0.2, -0.15) is 0 Å². The highest BCUT2D eigenvalue weighted by molar-refractivity contribution is 6.34.